The number of imide groups is 3. The predicted molar refractivity (Wildman–Crippen MR) is 414 cm³/mol. The number of nitrogens with one attached hydrogen (secondary N) is 8. The van der Waals surface area contributed by atoms with Gasteiger partial charge in [0.25, 0.3) is 45.6 Å². The SMILES string of the molecule is CN(CCO)CCCNc1ccccc1C(=N)C1=C(c2cn(C)c3ccc(Cl)cc23)C(=O)NC1=O.CNCCO.Cn1cc(C2=C(C(=N)c3ccccc3NCCCO)C(=O)NC2=O)c2cc(Cl)ccc21.Cn1cc(C2=C(c3nn(CCCOS(C)(=O)=O)c4ccccc34)C(=O)NC2=O)c2cc(Cl)ccc21. The van der Waals surface area contributed by atoms with Gasteiger partial charge in [0.2, 0.25) is 0 Å². The van der Waals surface area contributed by atoms with E-state index >= 15 is 0 Å². The molecule has 0 radical (unpaired) electrons. The zero-order valence-electron chi connectivity index (χ0n) is 58.8. The van der Waals surface area contributed by atoms with Gasteiger partial charge >= 0.3 is 0 Å². The summed E-state index contributed by atoms with van der Waals surface area (Å²) in [7, 11) is 5.78. The molecule has 30 heteroatoms. The quantitative estimate of drug-likeness (QED) is 0.0105. The van der Waals surface area contributed by atoms with Crippen LogP contribution >= 0.6 is 34.8 Å². The Morgan fingerprint density at radius 3 is 1.41 bits per heavy atom. The number of aryl methyl sites for hydroxylation is 4. The summed E-state index contributed by atoms with van der Waals surface area (Å²) >= 11 is 18.7. The molecule has 4 aromatic heterocycles. The molecule has 7 heterocycles. The topological polar surface area (TPSA) is 362 Å². The van der Waals surface area contributed by atoms with E-state index in [0.717, 1.165) is 57.4 Å². The van der Waals surface area contributed by atoms with Gasteiger partial charge in [0.1, 0.15) is 5.69 Å². The first-order chi connectivity index (χ1) is 50.8. The molecule has 3 aliphatic rings. The van der Waals surface area contributed by atoms with Crippen molar-refractivity contribution < 1.29 is 56.7 Å². The lowest BCUT2D eigenvalue weighted by atomic mass is 9.93. The maximum atomic E-state index is 13.0. The highest BCUT2D eigenvalue weighted by Crippen LogP contribution is 2.41. The van der Waals surface area contributed by atoms with Gasteiger partial charge in [0.05, 0.1) is 76.5 Å². The van der Waals surface area contributed by atoms with Gasteiger partial charge in [-0.2, -0.15) is 13.5 Å². The lowest BCUT2D eigenvalue weighted by Crippen LogP contribution is -2.25. The van der Waals surface area contributed by atoms with Crippen molar-refractivity contribution in [3.63, 3.8) is 0 Å². The van der Waals surface area contributed by atoms with Crippen LogP contribution in [0.2, 0.25) is 15.1 Å². The van der Waals surface area contributed by atoms with Crippen molar-refractivity contribution in [2.24, 2.45) is 21.1 Å². The van der Waals surface area contributed by atoms with Crippen molar-refractivity contribution in [2.45, 2.75) is 25.8 Å². The summed E-state index contributed by atoms with van der Waals surface area (Å²) < 4.78 is 34.6. The minimum absolute atomic E-state index is 0.00599. The smallest absolute Gasteiger partial charge is 0.264 e. The third-order valence-corrected chi connectivity index (χ3v) is 18.9. The summed E-state index contributed by atoms with van der Waals surface area (Å²) in [5, 5.41) is 69.4. The predicted octanol–water partition coefficient (Wildman–Crippen LogP) is 8.45. The number of hydrogen-bond acceptors (Lipinski definition) is 19. The second-order valence-corrected chi connectivity index (χ2v) is 27.9. The number of aliphatic hydroxyl groups excluding tert-OH is 3. The summed E-state index contributed by atoms with van der Waals surface area (Å²) in [4.78, 5) is 79.4. The average molecular weight is 1520 g/mol. The number of carbonyl (C=O) groups excluding carboxylic acids is 6. The van der Waals surface area contributed by atoms with E-state index in [1.807, 2.05) is 107 Å². The highest BCUT2D eigenvalue weighted by molar-refractivity contribution is 7.86. The molecule has 26 nitrogen and oxygen atoms in total. The minimum atomic E-state index is -3.54. The zero-order chi connectivity index (χ0) is 76.3. The number of nitrogens with zero attached hydrogens (tertiary/aromatic N) is 6. The second-order valence-electron chi connectivity index (χ2n) is 25.0. The molecule has 0 aliphatic carbocycles. The van der Waals surface area contributed by atoms with Crippen LogP contribution in [-0.4, -0.2) is 178 Å². The lowest BCUT2D eigenvalue weighted by Gasteiger charge is -2.17. The Bertz CT molecular complexity index is 5360. The van der Waals surface area contributed by atoms with E-state index < -0.39 is 45.6 Å². The number of fused-ring (bicyclic) bond motifs is 4. The van der Waals surface area contributed by atoms with Crippen LogP contribution in [-0.2, 0) is 70.8 Å². The molecule has 10 aromatic rings. The number of likely N-dealkylation sites (N-methyl/N-ethyl adjacent to an activating group) is 2. The third kappa shape index (κ3) is 17.4. The van der Waals surface area contributed by atoms with E-state index in [0.29, 0.717) is 111 Å². The molecule has 0 fully saturated rings. The molecule has 6 amide bonds. The number of halogens is 3. The number of para-hydroxylation sites is 3. The molecule has 0 bridgehead atoms. The molecule has 0 saturated carbocycles. The van der Waals surface area contributed by atoms with Crippen molar-refractivity contribution >= 4 is 169 Å². The molecule has 0 saturated heterocycles. The average Bonchev–Trinajstić information content (AvgIpc) is 1.60. The first-order valence-corrected chi connectivity index (χ1v) is 36.6. The van der Waals surface area contributed by atoms with E-state index in [1.54, 1.807) is 97.1 Å². The summed E-state index contributed by atoms with van der Waals surface area (Å²) in [5.74, 6) is -3.29. The van der Waals surface area contributed by atoms with Gasteiger partial charge in [0, 0.05) is 171 Å². The van der Waals surface area contributed by atoms with Crippen LogP contribution in [0.5, 0.6) is 0 Å². The van der Waals surface area contributed by atoms with Gasteiger partial charge in [0.15, 0.2) is 0 Å². The van der Waals surface area contributed by atoms with Crippen molar-refractivity contribution in [3.8, 4) is 0 Å². The van der Waals surface area contributed by atoms with Crippen molar-refractivity contribution in [2.75, 3.05) is 90.1 Å². The van der Waals surface area contributed by atoms with Crippen LogP contribution in [0.25, 0.3) is 65.9 Å². The van der Waals surface area contributed by atoms with E-state index in [2.05, 4.69) is 37.0 Å². The number of carbonyl (C=O) groups is 6. The van der Waals surface area contributed by atoms with E-state index in [1.165, 1.54) is 0 Å². The van der Waals surface area contributed by atoms with Gasteiger partial charge in [-0.1, -0.05) is 89.4 Å². The Kier molecular flexibility index (Phi) is 25.6. The maximum absolute atomic E-state index is 13.0. The van der Waals surface area contributed by atoms with Gasteiger partial charge in [-0.15, -0.1) is 0 Å². The molecule has 0 atom stereocenters. The second kappa shape index (κ2) is 34.7. The molecule has 0 unspecified atom stereocenters. The summed E-state index contributed by atoms with van der Waals surface area (Å²) in [6.45, 7) is 4.04. The Morgan fingerprint density at radius 1 is 0.519 bits per heavy atom. The first kappa shape index (κ1) is 78.2. The van der Waals surface area contributed by atoms with Crippen molar-refractivity contribution in [1.82, 2.24) is 49.6 Å². The monoisotopic (exact) mass is 1520 g/mol. The lowest BCUT2D eigenvalue weighted by molar-refractivity contribution is -0.125. The Labute approximate surface area is 625 Å². The standard InChI is InChI=1S/C26H28ClN5O3.C24H21ClN4O5S.C23H21ClN4O3.C3H9NO/c1-31(12-13-33)11-5-10-29-20-7-4-3-6-17(20)24(28)23-22(25(34)30-26(23)35)19-15-32(2)21-9-8-16(27)14-18(19)21;1-28-13-17(16-12-14(25)8-9-18(16)28)20-21(24(31)26-23(20)30)22-15-6-3-4-7-19(15)29(27-22)10-5-11-34-35(2,32)33;1-28-12-16(15-11-13(24)7-8-18(15)28)19-20(23(31)27-22(19)30)21(25)14-5-2-3-6-17(14)26-9-4-10-29;1-4-2-3-5/h3-4,6-9,14-15,28-29,33H,5,10-13H2,1-2H3,(H,30,34,35);3-4,6-9,12-13H,5,10-11H2,1-2H3,(H,26,30,31);2-3,5-8,11-12,25-26,29H,4,9-10H2,1H3,(H,27,30,31);4-5H,2-3H2,1H3. The maximum Gasteiger partial charge on any atom is 0.264 e. The summed E-state index contributed by atoms with van der Waals surface area (Å²) in [5.41, 5.74) is 8.55. The molecular formula is C76H79Cl3N14O12S. The highest BCUT2D eigenvalue weighted by Gasteiger charge is 2.39. The van der Waals surface area contributed by atoms with Crippen LogP contribution in [0, 0.1) is 10.8 Å². The van der Waals surface area contributed by atoms with Crippen LogP contribution in [0.1, 0.15) is 52.8 Å². The number of aromatic nitrogens is 5. The summed E-state index contributed by atoms with van der Waals surface area (Å²) in [6, 6.07) is 37.9. The van der Waals surface area contributed by atoms with Gasteiger partial charge in [-0.05, 0) is 113 Å². The summed E-state index contributed by atoms with van der Waals surface area (Å²) in [6.07, 6.45) is 8.13. The number of hydrogen-bond donors (Lipinski definition) is 11. The van der Waals surface area contributed by atoms with Crippen molar-refractivity contribution in [1.29, 1.82) is 10.8 Å². The number of amides is 6. The van der Waals surface area contributed by atoms with Crippen LogP contribution in [0.15, 0.2) is 157 Å². The Balaban J connectivity index is 0.000000165. The van der Waals surface area contributed by atoms with Crippen molar-refractivity contribution in [3.05, 3.63) is 206 Å². The highest BCUT2D eigenvalue weighted by atomic mass is 35.5. The Hall–Kier alpha value is -10.4. The van der Waals surface area contributed by atoms with Crippen LogP contribution in [0.3, 0.4) is 0 Å². The molecule has 3 aliphatic heterocycles. The van der Waals surface area contributed by atoms with Gasteiger partial charge < -0.3 is 49.9 Å². The Morgan fingerprint density at radius 2 is 0.953 bits per heavy atom. The molecule has 6 aromatic carbocycles. The number of rotatable bonds is 26. The number of aliphatic hydroxyl groups is 3. The zero-order valence-corrected chi connectivity index (χ0v) is 61.9. The number of anilines is 2. The molecule has 552 valence electrons. The van der Waals surface area contributed by atoms with Gasteiger partial charge in [-0.3, -0.25) is 64.4 Å². The van der Waals surface area contributed by atoms with E-state index in [4.69, 9.17) is 65.1 Å². The fraction of sp³-hybridized carbons (Fsp3) is 0.250. The minimum Gasteiger partial charge on any atom is -0.396 e. The number of benzene rings is 6. The fourth-order valence-electron chi connectivity index (χ4n) is 12.7. The molecule has 11 N–H and O–H groups in total. The largest absolute Gasteiger partial charge is 0.396 e. The fourth-order valence-corrected chi connectivity index (χ4v) is 13.6. The van der Waals surface area contributed by atoms with Crippen LogP contribution in [0.4, 0.5) is 11.4 Å². The van der Waals surface area contributed by atoms with Gasteiger partial charge in [-0.25, -0.2) is 0 Å². The van der Waals surface area contributed by atoms with E-state index in [-0.39, 0.29) is 71.3 Å². The van der Waals surface area contributed by atoms with Crippen LogP contribution < -0.4 is 31.9 Å². The normalized spacial score (nSPS) is 13.7. The molecule has 0 spiro atoms. The first-order valence-electron chi connectivity index (χ1n) is 33.6. The molecular weight excluding hydrogens is 1440 g/mol. The third-order valence-electron chi connectivity index (χ3n) is 17.6. The molecule has 13 rings (SSSR count). The van der Waals surface area contributed by atoms with E-state index in [9.17, 15) is 37.2 Å². The molecule has 106 heavy (non-hydrogen) atoms.